The molecule has 0 unspecified atom stereocenters. The molecule has 1 N–H and O–H groups in total. The highest BCUT2D eigenvalue weighted by molar-refractivity contribution is 5.75. The van der Waals surface area contributed by atoms with Gasteiger partial charge in [0.25, 0.3) is 0 Å². The van der Waals surface area contributed by atoms with Crippen molar-refractivity contribution in [2.45, 2.75) is 0 Å². The van der Waals surface area contributed by atoms with E-state index in [0.717, 1.165) is 0 Å². The fraction of sp³-hybridized carbons (Fsp3) is 0.125. The van der Waals surface area contributed by atoms with E-state index in [9.17, 15) is 9.18 Å². The summed E-state index contributed by atoms with van der Waals surface area (Å²) in [6.07, 6.45) is 0.614. The number of halogens is 1. The van der Waals surface area contributed by atoms with Gasteiger partial charge in [-0.15, -0.1) is 0 Å². The van der Waals surface area contributed by atoms with Crippen molar-refractivity contribution in [3.8, 4) is 0 Å². The lowest BCUT2D eigenvalue weighted by Gasteiger charge is -2.00. The molecule has 0 spiro atoms. The first-order valence-electron chi connectivity index (χ1n) is 3.20. The molecule has 0 bridgehead atoms. The summed E-state index contributed by atoms with van der Waals surface area (Å²) >= 11 is 0. The number of nitrogens with one attached hydrogen (secondary N) is 1. The zero-order valence-electron chi connectivity index (χ0n) is 6.10. The van der Waals surface area contributed by atoms with Crippen molar-refractivity contribution in [2.24, 2.45) is 0 Å². The quantitative estimate of drug-likeness (QED) is 0.655. The van der Waals surface area contributed by atoms with E-state index >= 15 is 0 Å². The summed E-state index contributed by atoms with van der Waals surface area (Å²) in [5.74, 6) is -0.405. The standard InChI is InChI=1S/C8H8FNO/c1-10-8-3-2-6(5-11)4-7(8)9/h2-5,10H,1H3. The maximum Gasteiger partial charge on any atom is 0.150 e. The fourth-order valence-corrected chi connectivity index (χ4v) is 0.807. The van der Waals surface area contributed by atoms with Gasteiger partial charge >= 0.3 is 0 Å². The molecule has 0 aliphatic heterocycles. The maximum absolute atomic E-state index is 12.8. The zero-order valence-corrected chi connectivity index (χ0v) is 6.10. The van der Waals surface area contributed by atoms with Crippen LogP contribution in [0, 0.1) is 5.82 Å². The van der Waals surface area contributed by atoms with Crippen LogP contribution in [-0.4, -0.2) is 13.3 Å². The highest BCUT2D eigenvalue weighted by atomic mass is 19.1. The van der Waals surface area contributed by atoms with Gasteiger partial charge in [0, 0.05) is 12.6 Å². The largest absolute Gasteiger partial charge is 0.386 e. The Labute approximate surface area is 64.0 Å². The molecule has 0 saturated heterocycles. The summed E-state index contributed by atoms with van der Waals surface area (Å²) in [6, 6.07) is 4.28. The summed E-state index contributed by atoms with van der Waals surface area (Å²) in [5, 5.41) is 2.66. The third-order valence-electron chi connectivity index (χ3n) is 1.40. The molecule has 1 aromatic rings. The molecule has 0 saturated carbocycles. The molecule has 0 aliphatic rings. The van der Waals surface area contributed by atoms with Crippen LogP contribution in [0.4, 0.5) is 10.1 Å². The summed E-state index contributed by atoms with van der Waals surface area (Å²) in [4.78, 5) is 10.2. The number of benzene rings is 1. The zero-order chi connectivity index (χ0) is 8.27. The topological polar surface area (TPSA) is 29.1 Å². The van der Waals surface area contributed by atoms with Gasteiger partial charge in [0.1, 0.15) is 12.1 Å². The van der Waals surface area contributed by atoms with Crippen molar-refractivity contribution in [1.82, 2.24) is 0 Å². The highest BCUT2D eigenvalue weighted by Crippen LogP contribution is 2.13. The van der Waals surface area contributed by atoms with Gasteiger partial charge in [-0.1, -0.05) is 0 Å². The van der Waals surface area contributed by atoms with Crippen LogP contribution in [-0.2, 0) is 0 Å². The lowest BCUT2D eigenvalue weighted by Crippen LogP contribution is -1.93. The minimum absolute atomic E-state index is 0.349. The monoisotopic (exact) mass is 153 g/mol. The van der Waals surface area contributed by atoms with Gasteiger partial charge in [0.05, 0.1) is 5.69 Å². The third-order valence-corrected chi connectivity index (χ3v) is 1.40. The lowest BCUT2D eigenvalue weighted by molar-refractivity contribution is 0.112. The predicted molar refractivity (Wildman–Crippen MR) is 41.3 cm³/mol. The van der Waals surface area contributed by atoms with Crippen LogP contribution in [0.3, 0.4) is 0 Å². The van der Waals surface area contributed by atoms with Gasteiger partial charge in [-0.05, 0) is 18.2 Å². The van der Waals surface area contributed by atoms with E-state index in [1.807, 2.05) is 0 Å². The minimum atomic E-state index is -0.405. The first-order chi connectivity index (χ1) is 5.27. The Kier molecular flexibility index (Phi) is 2.21. The molecule has 1 rings (SSSR count). The first-order valence-corrected chi connectivity index (χ1v) is 3.20. The average Bonchev–Trinajstić information content (AvgIpc) is 2.04. The first kappa shape index (κ1) is 7.72. The van der Waals surface area contributed by atoms with Crippen molar-refractivity contribution >= 4 is 12.0 Å². The summed E-state index contributed by atoms with van der Waals surface area (Å²) in [6.45, 7) is 0. The minimum Gasteiger partial charge on any atom is -0.386 e. The van der Waals surface area contributed by atoms with E-state index in [2.05, 4.69) is 5.32 Å². The molecular weight excluding hydrogens is 145 g/mol. The number of hydrogen-bond acceptors (Lipinski definition) is 2. The van der Waals surface area contributed by atoms with E-state index in [1.54, 1.807) is 13.1 Å². The molecule has 2 nitrogen and oxygen atoms in total. The maximum atomic E-state index is 12.8. The number of rotatable bonds is 2. The van der Waals surface area contributed by atoms with Crippen LogP contribution in [0.15, 0.2) is 18.2 Å². The highest BCUT2D eigenvalue weighted by Gasteiger charge is 1.99. The Morgan fingerprint density at radius 3 is 2.73 bits per heavy atom. The van der Waals surface area contributed by atoms with Gasteiger partial charge in [0.2, 0.25) is 0 Å². The molecule has 58 valence electrons. The van der Waals surface area contributed by atoms with Gasteiger partial charge in [0.15, 0.2) is 0 Å². The van der Waals surface area contributed by atoms with Gasteiger partial charge in [-0.3, -0.25) is 4.79 Å². The molecule has 3 heteroatoms. The molecule has 0 heterocycles. The van der Waals surface area contributed by atoms with E-state index in [1.165, 1.54) is 12.1 Å². The van der Waals surface area contributed by atoms with Crippen LogP contribution in [0.25, 0.3) is 0 Å². The molecule has 0 fully saturated rings. The Hall–Kier alpha value is -1.38. The van der Waals surface area contributed by atoms with E-state index in [0.29, 0.717) is 17.5 Å². The molecule has 0 amide bonds. The summed E-state index contributed by atoms with van der Waals surface area (Å²) in [5.41, 5.74) is 0.747. The predicted octanol–water partition coefficient (Wildman–Crippen LogP) is 1.68. The van der Waals surface area contributed by atoms with Crippen molar-refractivity contribution in [2.75, 3.05) is 12.4 Å². The van der Waals surface area contributed by atoms with E-state index < -0.39 is 5.82 Å². The molecule has 0 atom stereocenters. The van der Waals surface area contributed by atoms with Crippen molar-refractivity contribution < 1.29 is 9.18 Å². The lowest BCUT2D eigenvalue weighted by atomic mass is 10.2. The Morgan fingerprint density at radius 2 is 2.27 bits per heavy atom. The van der Waals surface area contributed by atoms with Gasteiger partial charge in [-0.2, -0.15) is 0 Å². The number of carbonyl (C=O) groups is 1. The SMILES string of the molecule is CNc1ccc(C=O)cc1F. The summed E-state index contributed by atoms with van der Waals surface area (Å²) in [7, 11) is 1.62. The fourth-order valence-electron chi connectivity index (χ4n) is 0.807. The van der Waals surface area contributed by atoms with Crippen LogP contribution in [0.2, 0.25) is 0 Å². The second-order valence-corrected chi connectivity index (χ2v) is 2.11. The van der Waals surface area contributed by atoms with Crippen LogP contribution in [0.5, 0.6) is 0 Å². The molecule has 1 aromatic carbocycles. The molecular formula is C8H8FNO. The van der Waals surface area contributed by atoms with Crippen molar-refractivity contribution in [3.05, 3.63) is 29.6 Å². The Morgan fingerprint density at radius 1 is 1.55 bits per heavy atom. The third kappa shape index (κ3) is 1.55. The second kappa shape index (κ2) is 3.14. The summed E-state index contributed by atoms with van der Waals surface area (Å²) < 4.78 is 12.8. The number of aldehydes is 1. The number of hydrogen-bond donors (Lipinski definition) is 1. The Bertz CT molecular complexity index is 273. The number of carbonyl (C=O) groups excluding carboxylic acids is 1. The van der Waals surface area contributed by atoms with Crippen molar-refractivity contribution in [3.63, 3.8) is 0 Å². The van der Waals surface area contributed by atoms with E-state index in [-0.39, 0.29) is 0 Å². The second-order valence-electron chi connectivity index (χ2n) is 2.11. The van der Waals surface area contributed by atoms with Crippen LogP contribution in [0.1, 0.15) is 10.4 Å². The van der Waals surface area contributed by atoms with Crippen molar-refractivity contribution in [1.29, 1.82) is 0 Å². The molecule has 0 radical (unpaired) electrons. The molecule has 0 aliphatic carbocycles. The smallest absolute Gasteiger partial charge is 0.150 e. The van der Waals surface area contributed by atoms with E-state index in [4.69, 9.17) is 0 Å². The molecule has 0 aromatic heterocycles. The molecule has 11 heavy (non-hydrogen) atoms. The van der Waals surface area contributed by atoms with Crippen LogP contribution < -0.4 is 5.32 Å². The Balaban J connectivity index is 3.09. The van der Waals surface area contributed by atoms with Gasteiger partial charge in [-0.25, -0.2) is 4.39 Å². The number of anilines is 1. The van der Waals surface area contributed by atoms with Crippen LogP contribution >= 0.6 is 0 Å². The average molecular weight is 153 g/mol. The normalized spacial score (nSPS) is 9.27. The van der Waals surface area contributed by atoms with Gasteiger partial charge < -0.3 is 5.32 Å².